The zero-order chi connectivity index (χ0) is 24.9. The molecule has 1 atom stereocenters. The maximum atomic E-state index is 12.3. The number of ether oxygens (including phenoxy) is 4. The first-order valence-electron chi connectivity index (χ1n) is 11.7. The summed E-state index contributed by atoms with van der Waals surface area (Å²) in [6, 6.07) is 9.74. The molecule has 3 rings (SSSR count). The third-order valence-corrected chi connectivity index (χ3v) is 5.95. The number of aryl methyl sites for hydroxylation is 1. The molecule has 0 radical (unpaired) electrons. The van der Waals surface area contributed by atoms with Crippen LogP contribution >= 0.6 is 0 Å². The summed E-state index contributed by atoms with van der Waals surface area (Å²) in [6.07, 6.45) is 2.59. The number of hydrogen-bond donors (Lipinski definition) is 1. The van der Waals surface area contributed by atoms with Crippen LogP contribution in [0.15, 0.2) is 30.3 Å². The fourth-order valence-corrected chi connectivity index (χ4v) is 4.09. The van der Waals surface area contributed by atoms with Crippen molar-refractivity contribution in [2.75, 3.05) is 32.7 Å². The van der Waals surface area contributed by atoms with E-state index in [0.29, 0.717) is 23.9 Å². The normalized spacial score (nSPS) is 15.2. The summed E-state index contributed by atoms with van der Waals surface area (Å²) in [6.45, 7) is 7.72. The molecule has 0 fully saturated rings. The lowest BCUT2D eigenvalue weighted by Gasteiger charge is -2.28. The first-order valence-corrected chi connectivity index (χ1v) is 11.7. The van der Waals surface area contributed by atoms with E-state index in [-0.39, 0.29) is 24.4 Å². The summed E-state index contributed by atoms with van der Waals surface area (Å²) in [5, 5.41) is 3.22. The molecule has 34 heavy (non-hydrogen) atoms. The molecule has 7 nitrogen and oxygen atoms in total. The summed E-state index contributed by atoms with van der Waals surface area (Å²) < 4.78 is 21.7. The number of fused-ring (bicyclic) bond motifs is 1. The third kappa shape index (κ3) is 6.01. The highest BCUT2D eigenvalue weighted by atomic mass is 16.5. The Kier molecular flexibility index (Phi) is 8.07. The lowest BCUT2D eigenvalue weighted by atomic mass is 9.79. The van der Waals surface area contributed by atoms with Gasteiger partial charge in [-0.15, -0.1) is 0 Å². The smallest absolute Gasteiger partial charge is 0.325 e. The number of carbonyl (C=O) groups excluding carboxylic acids is 2. The molecule has 2 aromatic rings. The Labute approximate surface area is 201 Å². The lowest BCUT2D eigenvalue weighted by Crippen LogP contribution is -2.25. The van der Waals surface area contributed by atoms with Gasteiger partial charge in [0.1, 0.15) is 12.3 Å². The van der Waals surface area contributed by atoms with Gasteiger partial charge in [0.2, 0.25) is 0 Å². The standard InChI is InChI=1S/C27H35NO6/c1-7-33-25(29)16-28-22-15-24(32-6)23(31-5)14-21(22)19-9-8-18-13-20(11-10-17(18)12-19)34-26(30)27(2,3)4/h10-11,13-15,19,28H,7-9,12,16H2,1-6H3. The minimum absolute atomic E-state index is 0.0716. The van der Waals surface area contributed by atoms with Gasteiger partial charge in [-0.25, -0.2) is 0 Å². The van der Waals surface area contributed by atoms with Gasteiger partial charge in [-0.2, -0.15) is 0 Å². The van der Waals surface area contributed by atoms with Crippen LogP contribution in [0.1, 0.15) is 56.7 Å². The Morgan fingerprint density at radius 1 is 1.03 bits per heavy atom. The molecule has 0 bridgehead atoms. The second-order valence-corrected chi connectivity index (χ2v) is 9.46. The lowest BCUT2D eigenvalue weighted by molar-refractivity contribution is -0.143. The van der Waals surface area contributed by atoms with Gasteiger partial charge in [0, 0.05) is 11.8 Å². The van der Waals surface area contributed by atoms with Crippen molar-refractivity contribution >= 4 is 17.6 Å². The van der Waals surface area contributed by atoms with E-state index in [4.69, 9.17) is 18.9 Å². The molecule has 0 amide bonds. The molecule has 1 aliphatic carbocycles. The maximum absolute atomic E-state index is 12.3. The Morgan fingerprint density at radius 3 is 2.38 bits per heavy atom. The van der Waals surface area contributed by atoms with Gasteiger partial charge in [0.05, 0.1) is 26.2 Å². The number of hydrogen-bond acceptors (Lipinski definition) is 7. The molecule has 0 saturated carbocycles. The highest BCUT2D eigenvalue weighted by Gasteiger charge is 2.27. The molecular weight excluding hydrogens is 434 g/mol. The average molecular weight is 470 g/mol. The van der Waals surface area contributed by atoms with Crippen LogP contribution in [0.3, 0.4) is 0 Å². The number of methoxy groups -OCH3 is 2. The third-order valence-electron chi connectivity index (χ3n) is 5.95. The van der Waals surface area contributed by atoms with Crippen LogP contribution in [-0.4, -0.2) is 39.3 Å². The van der Waals surface area contributed by atoms with Crippen molar-refractivity contribution in [1.29, 1.82) is 0 Å². The molecular formula is C27H35NO6. The molecule has 0 saturated heterocycles. The topological polar surface area (TPSA) is 83.1 Å². The molecule has 0 heterocycles. The molecule has 0 aliphatic heterocycles. The summed E-state index contributed by atoms with van der Waals surface area (Å²) in [5.74, 6) is 1.49. The van der Waals surface area contributed by atoms with Crippen molar-refractivity contribution in [3.63, 3.8) is 0 Å². The van der Waals surface area contributed by atoms with Crippen molar-refractivity contribution in [2.24, 2.45) is 5.41 Å². The number of nitrogens with one attached hydrogen (secondary N) is 1. The summed E-state index contributed by atoms with van der Waals surface area (Å²) in [5.41, 5.74) is 3.75. The second kappa shape index (κ2) is 10.8. The molecule has 2 aromatic carbocycles. The molecule has 1 N–H and O–H groups in total. The molecule has 0 aromatic heterocycles. The Balaban J connectivity index is 1.85. The minimum Gasteiger partial charge on any atom is -0.493 e. The Hall–Kier alpha value is -3.22. The van der Waals surface area contributed by atoms with Gasteiger partial charge in [-0.3, -0.25) is 9.59 Å². The first-order chi connectivity index (χ1) is 16.2. The van der Waals surface area contributed by atoms with Crippen LogP contribution in [-0.2, 0) is 27.2 Å². The quantitative estimate of drug-likeness (QED) is 0.435. The summed E-state index contributed by atoms with van der Waals surface area (Å²) >= 11 is 0. The number of rotatable bonds is 8. The maximum Gasteiger partial charge on any atom is 0.325 e. The van der Waals surface area contributed by atoms with Gasteiger partial charge in [-0.1, -0.05) is 6.07 Å². The zero-order valence-electron chi connectivity index (χ0n) is 20.9. The SMILES string of the molecule is CCOC(=O)CNc1cc(OC)c(OC)cc1C1CCc2cc(OC(=O)C(C)(C)C)ccc2C1. The van der Waals surface area contributed by atoms with Crippen molar-refractivity contribution in [1.82, 2.24) is 0 Å². The minimum atomic E-state index is -0.554. The van der Waals surface area contributed by atoms with Crippen LogP contribution in [0.5, 0.6) is 17.2 Å². The molecule has 7 heteroatoms. The highest BCUT2D eigenvalue weighted by Crippen LogP contribution is 2.42. The predicted molar refractivity (Wildman–Crippen MR) is 131 cm³/mol. The molecule has 0 spiro atoms. The van der Waals surface area contributed by atoms with Crippen LogP contribution in [0.25, 0.3) is 0 Å². The monoisotopic (exact) mass is 469 g/mol. The van der Waals surface area contributed by atoms with E-state index in [9.17, 15) is 9.59 Å². The molecule has 184 valence electrons. The largest absolute Gasteiger partial charge is 0.493 e. The van der Waals surface area contributed by atoms with E-state index in [2.05, 4.69) is 5.32 Å². The summed E-state index contributed by atoms with van der Waals surface area (Å²) in [7, 11) is 3.21. The van der Waals surface area contributed by atoms with Gasteiger partial charge < -0.3 is 24.3 Å². The summed E-state index contributed by atoms with van der Waals surface area (Å²) in [4.78, 5) is 24.2. The van der Waals surface area contributed by atoms with Crippen molar-refractivity contribution in [3.8, 4) is 17.2 Å². The highest BCUT2D eigenvalue weighted by molar-refractivity contribution is 5.78. The van der Waals surface area contributed by atoms with Crippen molar-refractivity contribution < 1.29 is 28.5 Å². The van der Waals surface area contributed by atoms with E-state index >= 15 is 0 Å². The Morgan fingerprint density at radius 2 is 1.74 bits per heavy atom. The average Bonchev–Trinajstić information content (AvgIpc) is 2.81. The number of benzene rings is 2. The van der Waals surface area contributed by atoms with Crippen LogP contribution in [0.2, 0.25) is 0 Å². The van der Waals surface area contributed by atoms with Crippen molar-refractivity contribution in [3.05, 3.63) is 47.0 Å². The molecule has 1 unspecified atom stereocenters. The predicted octanol–water partition coefficient (Wildman–Crippen LogP) is 4.90. The van der Waals surface area contributed by atoms with Crippen molar-refractivity contribution in [2.45, 2.75) is 52.9 Å². The van der Waals surface area contributed by atoms with E-state index in [0.717, 1.165) is 30.5 Å². The first kappa shape index (κ1) is 25.4. The van der Waals surface area contributed by atoms with Gasteiger partial charge >= 0.3 is 11.9 Å². The van der Waals surface area contributed by atoms with E-state index < -0.39 is 5.41 Å². The molecule has 1 aliphatic rings. The number of anilines is 1. The number of carbonyl (C=O) groups is 2. The second-order valence-electron chi connectivity index (χ2n) is 9.46. The van der Waals surface area contributed by atoms with E-state index in [1.807, 2.05) is 51.1 Å². The fraction of sp³-hybridized carbons (Fsp3) is 0.481. The van der Waals surface area contributed by atoms with E-state index in [1.54, 1.807) is 21.1 Å². The van der Waals surface area contributed by atoms with Gasteiger partial charge in [0.15, 0.2) is 11.5 Å². The fourth-order valence-electron chi connectivity index (χ4n) is 4.09. The van der Waals surface area contributed by atoms with E-state index in [1.165, 1.54) is 11.1 Å². The van der Waals surface area contributed by atoms with Crippen LogP contribution in [0, 0.1) is 5.41 Å². The Bertz CT molecular complexity index is 1040. The zero-order valence-corrected chi connectivity index (χ0v) is 20.9. The number of esters is 2. The van der Waals surface area contributed by atoms with Crippen LogP contribution < -0.4 is 19.5 Å². The van der Waals surface area contributed by atoms with Gasteiger partial charge in [-0.05, 0) is 87.8 Å². The van der Waals surface area contributed by atoms with Crippen LogP contribution in [0.4, 0.5) is 5.69 Å². The van der Waals surface area contributed by atoms with Gasteiger partial charge in [0.25, 0.3) is 0 Å².